The number of nitrogens with zero attached hydrogens (tertiary/aromatic N) is 1. The first-order chi connectivity index (χ1) is 12.9. The van der Waals surface area contributed by atoms with Gasteiger partial charge in [0.15, 0.2) is 0 Å². The molecule has 1 aliphatic heterocycles. The maximum atomic E-state index is 12.4. The molecule has 0 fully saturated rings. The van der Waals surface area contributed by atoms with E-state index < -0.39 is 6.03 Å². The number of carbonyl (C=O) groups is 3. The van der Waals surface area contributed by atoms with E-state index in [0.29, 0.717) is 23.2 Å². The molecular weight excluding hydrogens is 414 g/mol. The van der Waals surface area contributed by atoms with Gasteiger partial charge in [-0.2, -0.15) is 0 Å². The summed E-state index contributed by atoms with van der Waals surface area (Å²) in [5.74, 6) is -0.671. The summed E-state index contributed by atoms with van der Waals surface area (Å²) in [6.45, 7) is 2.33. The molecule has 0 aliphatic carbocycles. The Hall–Kier alpha value is -2.87. The summed E-state index contributed by atoms with van der Waals surface area (Å²) in [4.78, 5) is 37.8. The third-order valence-electron chi connectivity index (χ3n) is 4.18. The Labute approximate surface area is 164 Å². The molecule has 0 aromatic heterocycles. The number of urea groups is 1. The maximum Gasteiger partial charge on any atom is 0.319 e. The summed E-state index contributed by atoms with van der Waals surface area (Å²) in [6.07, 6.45) is 0.417. The van der Waals surface area contributed by atoms with Crippen molar-refractivity contribution < 1.29 is 19.5 Å². The number of hydrogen-bond donors (Lipinski definition) is 3. The van der Waals surface area contributed by atoms with Gasteiger partial charge in [0.25, 0.3) is 11.8 Å². The average Bonchev–Trinajstić information content (AvgIpc) is 2.85. The van der Waals surface area contributed by atoms with Gasteiger partial charge in [0.05, 0.1) is 16.8 Å². The molecule has 8 heteroatoms. The summed E-state index contributed by atoms with van der Waals surface area (Å²) in [5.41, 5.74) is 2.00. The van der Waals surface area contributed by atoms with E-state index in [1.165, 1.54) is 11.0 Å². The van der Waals surface area contributed by atoms with Crippen LogP contribution in [-0.4, -0.2) is 40.9 Å². The molecule has 3 N–H and O–H groups in total. The monoisotopic (exact) mass is 431 g/mol. The molecule has 0 radical (unpaired) electrons. The van der Waals surface area contributed by atoms with Crippen LogP contribution in [-0.2, 0) is 0 Å². The van der Waals surface area contributed by atoms with E-state index in [1.807, 2.05) is 6.92 Å². The van der Waals surface area contributed by atoms with Crippen LogP contribution in [0.25, 0.3) is 0 Å². The average molecular weight is 432 g/mol. The van der Waals surface area contributed by atoms with E-state index in [4.69, 9.17) is 0 Å². The van der Waals surface area contributed by atoms with Gasteiger partial charge in [0.1, 0.15) is 5.75 Å². The molecule has 2 aromatic carbocycles. The molecule has 2 aromatic rings. The Balaban J connectivity index is 1.49. The van der Waals surface area contributed by atoms with E-state index in [9.17, 15) is 19.5 Å². The lowest BCUT2D eigenvalue weighted by molar-refractivity contribution is 0.0653. The summed E-state index contributed by atoms with van der Waals surface area (Å²) < 4.78 is 0.738. The number of phenolic OH excluding ortho intramolecular Hbond substituents is 1. The number of fused-ring (bicyclic) bond motifs is 1. The number of aromatic hydroxyl groups is 1. The highest BCUT2D eigenvalue weighted by atomic mass is 79.9. The zero-order valence-electron chi connectivity index (χ0n) is 14.6. The molecule has 1 heterocycles. The van der Waals surface area contributed by atoms with Crippen LogP contribution >= 0.6 is 15.9 Å². The Bertz CT molecular complexity index is 929. The fourth-order valence-corrected chi connectivity index (χ4v) is 3.18. The van der Waals surface area contributed by atoms with Crippen molar-refractivity contribution in [2.24, 2.45) is 0 Å². The summed E-state index contributed by atoms with van der Waals surface area (Å²) in [7, 11) is 0. The topological polar surface area (TPSA) is 98.7 Å². The Kier molecular flexibility index (Phi) is 5.46. The number of imide groups is 1. The van der Waals surface area contributed by atoms with Gasteiger partial charge in [0, 0.05) is 17.6 Å². The molecule has 3 rings (SSSR count). The van der Waals surface area contributed by atoms with E-state index in [0.717, 1.165) is 10.0 Å². The fraction of sp³-hybridized carbons (Fsp3) is 0.211. The van der Waals surface area contributed by atoms with E-state index in [-0.39, 0.29) is 30.7 Å². The van der Waals surface area contributed by atoms with Crippen molar-refractivity contribution in [3.63, 3.8) is 0 Å². The first-order valence-corrected chi connectivity index (χ1v) is 9.16. The van der Waals surface area contributed by atoms with Crippen LogP contribution in [0.5, 0.6) is 5.75 Å². The van der Waals surface area contributed by atoms with Crippen molar-refractivity contribution >= 4 is 39.5 Å². The predicted octanol–water partition coefficient (Wildman–Crippen LogP) is 3.27. The molecule has 7 nitrogen and oxygen atoms in total. The number of anilines is 1. The Morgan fingerprint density at radius 3 is 2.63 bits per heavy atom. The fourth-order valence-electron chi connectivity index (χ4n) is 2.82. The van der Waals surface area contributed by atoms with Crippen molar-refractivity contribution in [3.8, 4) is 5.75 Å². The van der Waals surface area contributed by atoms with E-state index in [1.54, 1.807) is 30.3 Å². The zero-order valence-corrected chi connectivity index (χ0v) is 16.2. The number of hydrogen-bond acceptors (Lipinski definition) is 4. The highest BCUT2D eigenvalue weighted by Gasteiger charge is 2.34. The lowest BCUT2D eigenvalue weighted by atomic mass is 10.1. The minimum Gasteiger partial charge on any atom is -0.506 e. The van der Waals surface area contributed by atoms with Gasteiger partial charge in [-0.25, -0.2) is 4.79 Å². The molecule has 0 atom stereocenters. The van der Waals surface area contributed by atoms with Crippen molar-refractivity contribution in [3.05, 3.63) is 57.6 Å². The number of carbonyl (C=O) groups excluding carboxylic acids is 3. The third kappa shape index (κ3) is 4.11. The quantitative estimate of drug-likeness (QED) is 0.384. The minimum atomic E-state index is -0.470. The second kappa shape index (κ2) is 7.79. The molecule has 0 saturated carbocycles. The molecule has 0 bridgehead atoms. The summed E-state index contributed by atoms with van der Waals surface area (Å²) >= 11 is 3.29. The molecule has 0 unspecified atom stereocenters. The van der Waals surface area contributed by atoms with Crippen LogP contribution in [0.2, 0.25) is 0 Å². The van der Waals surface area contributed by atoms with Gasteiger partial charge in [-0.05, 0) is 49.2 Å². The van der Waals surface area contributed by atoms with Crippen molar-refractivity contribution in [1.29, 1.82) is 0 Å². The Morgan fingerprint density at radius 1 is 1.11 bits per heavy atom. The van der Waals surface area contributed by atoms with Crippen LogP contribution in [0.4, 0.5) is 10.5 Å². The standard InChI is InChI=1S/C19H18BrN3O4/c1-11-3-6-16(24)15(9-11)22-19(27)21-7-2-8-23-17(25)13-5-4-12(20)10-14(13)18(23)26/h3-6,9-10,24H,2,7-8H2,1H3,(H2,21,22,27). The highest BCUT2D eigenvalue weighted by molar-refractivity contribution is 9.10. The number of nitrogens with one attached hydrogen (secondary N) is 2. The smallest absolute Gasteiger partial charge is 0.319 e. The summed E-state index contributed by atoms with van der Waals surface area (Å²) in [6, 6.07) is 9.41. The van der Waals surface area contributed by atoms with Gasteiger partial charge in [-0.15, -0.1) is 0 Å². The lowest BCUT2D eigenvalue weighted by Crippen LogP contribution is -2.35. The van der Waals surface area contributed by atoms with Crippen LogP contribution in [0.15, 0.2) is 40.9 Å². The number of rotatable bonds is 5. The maximum absolute atomic E-state index is 12.4. The normalized spacial score (nSPS) is 12.9. The largest absolute Gasteiger partial charge is 0.506 e. The van der Waals surface area contributed by atoms with Gasteiger partial charge in [-0.3, -0.25) is 14.5 Å². The Morgan fingerprint density at radius 2 is 1.85 bits per heavy atom. The number of halogens is 1. The van der Waals surface area contributed by atoms with Gasteiger partial charge in [-0.1, -0.05) is 22.0 Å². The molecular formula is C19H18BrN3O4. The molecule has 27 heavy (non-hydrogen) atoms. The highest BCUT2D eigenvalue weighted by Crippen LogP contribution is 2.26. The van der Waals surface area contributed by atoms with E-state index >= 15 is 0 Å². The second-order valence-electron chi connectivity index (χ2n) is 6.21. The lowest BCUT2D eigenvalue weighted by Gasteiger charge is -2.14. The van der Waals surface area contributed by atoms with Crippen LogP contribution in [0.1, 0.15) is 32.7 Å². The van der Waals surface area contributed by atoms with Gasteiger partial charge < -0.3 is 15.7 Å². The number of phenols is 1. The van der Waals surface area contributed by atoms with Crippen molar-refractivity contribution in [2.75, 3.05) is 18.4 Å². The molecule has 4 amide bonds. The second-order valence-corrected chi connectivity index (χ2v) is 7.12. The van der Waals surface area contributed by atoms with Crippen LogP contribution in [0, 0.1) is 6.92 Å². The van der Waals surface area contributed by atoms with Crippen molar-refractivity contribution in [2.45, 2.75) is 13.3 Å². The summed E-state index contributed by atoms with van der Waals surface area (Å²) in [5, 5.41) is 14.9. The van der Waals surface area contributed by atoms with E-state index in [2.05, 4.69) is 26.6 Å². The van der Waals surface area contributed by atoms with Crippen LogP contribution < -0.4 is 10.6 Å². The zero-order chi connectivity index (χ0) is 19.6. The first kappa shape index (κ1) is 18.9. The first-order valence-electron chi connectivity index (χ1n) is 8.37. The minimum absolute atomic E-state index is 0.0204. The van der Waals surface area contributed by atoms with Crippen LogP contribution in [0.3, 0.4) is 0 Å². The van der Waals surface area contributed by atoms with Gasteiger partial charge in [0.2, 0.25) is 0 Å². The number of aryl methyl sites for hydroxylation is 1. The predicted molar refractivity (Wildman–Crippen MR) is 104 cm³/mol. The third-order valence-corrected chi connectivity index (χ3v) is 4.67. The van der Waals surface area contributed by atoms with Crippen molar-refractivity contribution in [1.82, 2.24) is 10.2 Å². The number of benzene rings is 2. The molecule has 0 spiro atoms. The van der Waals surface area contributed by atoms with Gasteiger partial charge >= 0.3 is 6.03 Å². The molecule has 140 valence electrons. The molecule has 0 saturated heterocycles. The molecule has 1 aliphatic rings. The SMILES string of the molecule is Cc1ccc(O)c(NC(=O)NCCCN2C(=O)c3ccc(Br)cc3C2=O)c1. The number of amides is 4.